The first-order valence-electron chi connectivity index (χ1n) is 3.62. The highest BCUT2D eigenvalue weighted by molar-refractivity contribution is 5.88. The molecule has 0 unspecified atom stereocenters. The van der Waals surface area contributed by atoms with Crippen molar-refractivity contribution in [2.24, 2.45) is 0 Å². The van der Waals surface area contributed by atoms with E-state index in [4.69, 9.17) is 20.4 Å². The third kappa shape index (κ3) is 5.09. The van der Waals surface area contributed by atoms with Gasteiger partial charge in [-0.3, -0.25) is 4.79 Å². The van der Waals surface area contributed by atoms with Gasteiger partial charge in [-0.2, -0.15) is 0 Å². The number of carbonyl (C=O) groups is 3. The second kappa shape index (κ2) is 5.43. The first-order valence-corrected chi connectivity index (χ1v) is 3.62. The van der Waals surface area contributed by atoms with Gasteiger partial charge in [-0.15, -0.1) is 0 Å². The molecular weight excluding hydrogens is 208 g/mol. The predicted octanol–water partition coefficient (Wildman–Crippen LogP) is -0.00140. The van der Waals surface area contributed by atoms with Crippen LogP contribution >= 0.6 is 0 Å². The fourth-order valence-corrected chi connectivity index (χ4v) is 0.694. The van der Waals surface area contributed by atoms with E-state index in [-0.39, 0.29) is 0 Å². The third-order valence-electron chi connectivity index (χ3n) is 1.28. The number of allylic oxidation sites excluding steroid dienone is 1. The Kier molecular flexibility index (Phi) is 4.59. The zero-order valence-corrected chi connectivity index (χ0v) is 7.38. The van der Waals surface area contributed by atoms with E-state index >= 15 is 0 Å². The highest BCUT2D eigenvalue weighted by Gasteiger charge is 2.13. The molecule has 0 radical (unpaired) electrons. The lowest BCUT2D eigenvalue weighted by Gasteiger charge is -1.99. The quantitative estimate of drug-likeness (QED) is 0.289. The molecule has 0 aliphatic heterocycles. The highest BCUT2D eigenvalue weighted by atomic mass is 16.4. The molecule has 0 aliphatic carbocycles. The molecule has 0 aromatic carbocycles. The zero-order valence-electron chi connectivity index (χ0n) is 7.38. The molecule has 7 heteroatoms. The predicted molar refractivity (Wildman–Crippen MR) is 46.3 cm³/mol. The number of aliphatic hydroxyl groups excluding tert-OH is 1. The summed E-state index contributed by atoms with van der Waals surface area (Å²) in [7, 11) is 0. The van der Waals surface area contributed by atoms with Crippen molar-refractivity contribution in [3.63, 3.8) is 0 Å². The number of carboxylic acid groups (broad SMARTS) is 3. The molecule has 82 valence electrons. The normalized spacial score (nSPS) is 12.3. The first-order chi connectivity index (χ1) is 6.84. The summed E-state index contributed by atoms with van der Waals surface area (Å²) >= 11 is 0. The molecular formula is C8H8O7. The smallest absolute Gasteiger partial charge is 0.371 e. The Morgan fingerprint density at radius 3 is 1.80 bits per heavy atom. The zero-order chi connectivity index (χ0) is 12.0. The maximum Gasteiger partial charge on any atom is 0.371 e. The molecule has 0 aromatic rings. The first kappa shape index (κ1) is 12.7. The van der Waals surface area contributed by atoms with E-state index < -0.39 is 35.7 Å². The molecule has 15 heavy (non-hydrogen) atoms. The van der Waals surface area contributed by atoms with Crippen LogP contribution in [-0.2, 0) is 14.4 Å². The van der Waals surface area contributed by atoms with Crippen LogP contribution in [0.3, 0.4) is 0 Å². The van der Waals surface area contributed by atoms with Gasteiger partial charge in [-0.25, -0.2) is 9.59 Å². The molecule has 4 N–H and O–H groups in total. The van der Waals surface area contributed by atoms with Crippen molar-refractivity contribution in [3.8, 4) is 0 Å². The molecule has 7 nitrogen and oxygen atoms in total. The summed E-state index contributed by atoms with van der Waals surface area (Å²) in [6.45, 7) is 0. The summed E-state index contributed by atoms with van der Waals surface area (Å²) in [5.74, 6) is -5.67. The van der Waals surface area contributed by atoms with Crippen LogP contribution in [0.2, 0.25) is 0 Å². The fraction of sp³-hybridized carbons (Fsp3) is 0.125. The standard InChI is InChI=1S/C8H8O7/c9-5(10)2-1-4(3-6(11)12)7(13)8(14)15/h1-2,13H,3H2,(H,9,10)(H,11,12)(H,14,15). The van der Waals surface area contributed by atoms with Gasteiger partial charge in [-0.1, -0.05) is 0 Å². The third-order valence-corrected chi connectivity index (χ3v) is 1.28. The minimum Gasteiger partial charge on any atom is -0.502 e. The molecule has 0 bridgehead atoms. The Balaban J connectivity index is 5.05. The van der Waals surface area contributed by atoms with Gasteiger partial charge in [0.15, 0.2) is 0 Å². The Hall–Kier alpha value is -2.31. The lowest BCUT2D eigenvalue weighted by atomic mass is 10.1. The average Bonchev–Trinajstić information content (AvgIpc) is 2.10. The van der Waals surface area contributed by atoms with Crippen molar-refractivity contribution in [3.05, 3.63) is 23.5 Å². The van der Waals surface area contributed by atoms with Gasteiger partial charge in [0.2, 0.25) is 5.76 Å². The highest BCUT2D eigenvalue weighted by Crippen LogP contribution is 2.09. The number of hydrogen-bond acceptors (Lipinski definition) is 4. The minimum absolute atomic E-state index is 0.489. The summed E-state index contributed by atoms with van der Waals surface area (Å²) in [6, 6.07) is 0. The fourth-order valence-electron chi connectivity index (χ4n) is 0.694. The van der Waals surface area contributed by atoms with Crippen molar-refractivity contribution in [1.29, 1.82) is 0 Å². The van der Waals surface area contributed by atoms with Crippen molar-refractivity contribution in [2.75, 3.05) is 0 Å². The van der Waals surface area contributed by atoms with Gasteiger partial charge in [0.05, 0.1) is 6.42 Å². The van der Waals surface area contributed by atoms with Gasteiger partial charge >= 0.3 is 17.9 Å². The van der Waals surface area contributed by atoms with Crippen LogP contribution in [-0.4, -0.2) is 38.3 Å². The molecule has 0 atom stereocenters. The van der Waals surface area contributed by atoms with E-state index in [1.807, 2.05) is 0 Å². The molecule has 0 aromatic heterocycles. The molecule has 0 amide bonds. The largest absolute Gasteiger partial charge is 0.502 e. The van der Waals surface area contributed by atoms with E-state index in [9.17, 15) is 14.4 Å². The van der Waals surface area contributed by atoms with Crippen LogP contribution in [0.1, 0.15) is 6.42 Å². The Labute approximate surface area is 83.6 Å². The summed E-state index contributed by atoms with van der Waals surface area (Å²) in [5, 5.41) is 33.9. The maximum atomic E-state index is 10.3. The summed E-state index contributed by atoms with van der Waals surface area (Å²) in [4.78, 5) is 30.6. The molecule has 0 saturated heterocycles. The van der Waals surface area contributed by atoms with Crippen LogP contribution in [0.15, 0.2) is 23.5 Å². The molecule has 0 spiro atoms. The summed E-state index contributed by atoms with van der Waals surface area (Å²) in [6.07, 6.45) is 0.485. The van der Waals surface area contributed by atoms with Gasteiger partial charge in [-0.05, 0) is 6.08 Å². The molecule has 0 aliphatic rings. The topological polar surface area (TPSA) is 132 Å². The van der Waals surface area contributed by atoms with E-state index in [0.717, 1.165) is 6.08 Å². The van der Waals surface area contributed by atoms with Gasteiger partial charge in [0.25, 0.3) is 0 Å². The number of carboxylic acids is 3. The molecule has 0 saturated carbocycles. The number of hydrogen-bond donors (Lipinski definition) is 4. The SMILES string of the molecule is O=C(O)C=CC(CC(=O)O)=C(O)C(=O)O. The van der Waals surface area contributed by atoms with E-state index in [0.29, 0.717) is 6.08 Å². The Morgan fingerprint density at radius 1 is 0.933 bits per heavy atom. The number of rotatable bonds is 5. The molecule has 0 rings (SSSR count). The summed E-state index contributed by atoms with van der Waals surface area (Å²) < 4.78 is 0. The summed E-state index contributed by atoms with van der Waals surface area (Å²) in [5.41, 5.74) is -0.489. The Bertz CT molecular complexity index is 350. The van der Waals surface area contributed by atoms with Crippen molar-refractivity contribution >= 4 is 17.9 Å². The second-order valence-corrected chi connectivity index (χ2v) is 2.42. The molecule has 0 fully saturated rings. The van der Waals surface area contributed by atoms with Gasteiger partial charge in [0.1, 0.15) is 0 Å². The lowest BCUT2D eigenvalue weighted by Crippen LogP contribution is -2.06. The number of aliphatic carboxylic acids is 3. The molecule has 0 heterocycles. The van der Waals surface area contributed by atoms with E-state index in [1.54, 1.807) is 0 Å². The van der Waals surface area contributed by atoms with E-state index in [1.165, 1.54) is 0 Å². The van der Waals surface area contributed by atoms with E-state index in [2.05, 4.69) is 0 Å². The van der Waals surface area contributed by atoms with Gasteiger partial charge in [0, 0.05) is 11.6 Å². The van der Waals surface area contributed by atoms with Crippen LogP contribution < -0.4 is 0 Å². The van der Waals surface area contributed by atoms with Crippen LogP contribution in [0.25, 0.3) is 0 Å². The maximum absolute atomic E-state index is 10.3. The van der Waals surface area contributed by atoms with Crippen LogP contribution in [0, 0.1) is 0 Å². The van der Waals surface area contributed by atoms with Gasteiger partial charge < -0.3 is 20.4 Å². The number of aliphatic hydroxyl groups is 1. The van der Waals surface area contributed by atoms with Crippen LogP contribution in [0.5, 0.6) is 0 Å². The monoisotopic (exact) mass is 216 g/mol. The van der Waals surface area contributed by atoms with Crippen molar-refractivity contribution in [1.82, 2.24) is 0 Å². The van der Waals surface area contributed by atoms with Crippen molar-refractivity contribution < 1.29 is 34.8 Å². The minimum atomic E-state index is -1.72. The van der Waals surface area contributed by atoms with Crippen molar-refractivity contribution in [2.45, 2.75) is 6.42 Å². The van der Waals surface area contributed by atoms with Crippen LogP contribution in [0.4, 0.5) is 0 Å². The second-order valence-electron chi connectivity index (χ2n) is 2.42. The average molecular weight is 216 g/mol. The lowest BCUT2D eigenvalue weighted by molar-refractivity contribution is -0.136. The Morgan fingerprint density at radius 2 is 1.47 bits per heavy atom.